The predicted octanol–water partition coefficient (Wildman–Crippen LogP) is 3.37. The minimum Gasteiger partial charge on any atom is -0.392 e. The quantitative estimate of drug-likeness (QED) is 0.904. The number of halogens is 4. The molecule has 1 heterocycles. The molecule has 0 saturated heterocycles. The van der Waals surface area contributed by atoms with Crippen molar-refractivity contribution in [1.29, 1.82) is 0 Å². The topological polar surface area (TPSA) is 20.2 Å². The molecule has 1 rings (SSSR count). The number of alkyl halides is 3. The van der Waals surface area contributed by atoms with E-state index in [1.54, 1.807) is 11.4 Å². The summed E-state index contributed by atoms with van der Waals surface area (Å²) in [7, 11) is 0. The molecular weight excluding hydrogens is 281 g/mol. The molecule has 0 spiro atoms. The summed E-state index contributed by atoms with van der Waals surface area (Å²) in [6.07, 6.45) is -6.74. The lowest BCUT2D eigenvalue weighted by molar-refractivity contribution is -0.153. The molecule has 0 aromatic carbocycles. The van der Waals surface area contributed by atoms with Gasteiger partial charge in [0.1, 0.15) is 0 Å². The zero-order valence-corrected chi connectivity index (χ0v) is 9.42. The first-order chi connectivity index (χ1) is 6.37. The van der Waals surface area contributed by atoms with Crippen LogP contribution in [0.5, 0.6) is 0 Å². The van der Waals surface area contributed by atoms with E-state index in [1.165, 1.54) is 11.3 Å². The summed E-state index contributed by atoms with van der Waals surface area (Å²) in [5.74, 6) is 0. The lowest BCUT2D eigenvalue weighted by Crippen LogP contribution is -2.20. The van der Waals surface area contributed by atoms with E-state index >= 15 is 0 Å². The first-order valence-corrected chi connectivity index (χ1v) is 5.52. The minimum absolute atomic E-state index is 0.0514. The molecule has 0 saturated carbocycles. The van der Waals surface area contributed by atoms with E-state index in [2.05, 4.69) is 15.9 Å². The third kappa shape index (κ3) is 4.43. The first kappa shape index (κ1) is 12.0. The highest BCUT2D eigenvalue weighted by molar-refractivity contribution is 9.10. The van der Waals surface area contributed by atoms with E-state index in [-0.39, 0.29) is 6.42 Å². The number of hydrogen-bond acceptors (Lipinski definition) is 2. The number of aliphatic hydroxyl groups excluding tert-OH is 1. The summed E-state index contributed by atoms with van der Waals surface area (Å²) >= 11 is 4.52. The average Bonchev–Trinajstić information content (AvgIpc) is 2.30. The molecule has 1 aromatic rings. The van der Waals surface area contributed by atoms with Gasteiger partial charge in [0, 0.05) is 21.2 Å². The van der Waals surface area contributed by atoms with Crippen LogP contribution < -0.4 is 0 Å². The molecule has 1 unspecified atom stereocenters. The van der Waals surface area contributed by atoms with Crippen molar-refractivity contribution in [3.8, 4) is 0 Å². The minimum atomic E-state index is -4.30. The van der Waals surface area contributed by atoms with E-state index in [0.29, 0.717) is 0 Å². The molecule has 0 aliphatic rings. The van der Waals surface area contributed by atoms with Crippen molar-refractivity contribution in [3.63, 3.8) is 0 Å². The van der Waals surface area contributed by atoms with Crippen molar-refractivity contribution in [2.45, 2.75) is 25.1 Å². The van der Waals surface area contributed by atoms with Gasteiger partial charge in [-0.3, -0.25) is 0 Å². The number of rotatable bonds is 3. The van der Waals surface area contributed by atoms with Gasteiger partial charge in [0.05, 0.1) is 12.5 Å². The Morgan fingerprint density at radius 2 is 2.14 bits per heavy atom. The van der Waals surface area contributed by atoms with E-state index in [4.69, 9.17) is 5.11 Å². The Balaban J connectivity index is 2.45. The normalized spacial score (nSPS) is 14.4. The molecule has 1 atom stereocenters. The van der Waals surface area contributed by atoms with Crippen molar-refractivity contribution in [2.75, 3.05) is 0 Å². The van der Waals surface area contributed by atoms with Crippen molar-refractivity contribution >= 4 is 27.3 Å². The Morgan fingerprint density at radius 3 is 2.57 bits per heavy atom. The van der Waals surface area contributed by atoms with Crippen LogP contribution in [0.2, 0.25) is 0 Å². The lowest BCUT2D eigenvalue weighted by Gasteiger charge is -2.11. The van der Waals surface area contributed by atoms with Gasteiger partial charge in [-0.1, -0.05) is 0 Å². The van der Waals surface area contributed by atoms with E-state index in [0.717, 1.165) is 9.35 Å². The number of thiophene rings is 1. The van der Waals surface area contributed by atoms with Gasteiger partial charge in [0.25, 0.3) is 0 Å². The van der Waals surface area contributed by atoms with Gasteiger partial charge in [0.2, 0.25) is 0 Å². The molecule has 0 aliphatic heterocycles. The van der Waals surface area contributed by atoms with Crippen LogP contribution in [-0.2, 0) is 6.42 Å². The van der Waals surface area contributed by atoms with Crippen LogP contribution >= 0.6 is 27.3 Å². The maximum atomic E-state index is 11.8. The second-order valence-corrected chi connectivity index (χ2v) is 4.82. The monoisotopic (exact) mass is 288 g/mol. The van der Waals surface area contributed by atoms with Crippen LogP contribution in [-0.4, -0.2) is 17.4 Å². The molecule has 1 N–H and O–H groups in total. The van der Waals surface area contributed by atoms with Crippen molar-refractivity contribution < 1.29 is 18.3 Å². The Kier molecular flexibility index (Phi) is 3.97. The molecule has 0 fully saturated rings. The molecule has 0 bridgehead atoms. The third-order valence-corrected chi connectivity index (χ3v) is 3.25. The van der Waals surface area contributed by atoms with Gasteiger partial charge in [0.15, 0.2) is 0 Å². The summed E-state index contributed by atoms with van der Waals surface area (Å²) < 4.78 is 36.4. The Hall–Kier alpha value is -0.0700. The molecule has 1 nitrogen and oxygen atoms in total. The molecule has 0 radical (unpaired) electrons. The average molecular weight is 289 g/mol. The van der Waals surface area contributed by atoms with Gasteiger partial charge >= 0.3 is 6.18 Å². The third-order valence-electron chi connectivity index (χ3n) is 1.53. The number of aliphatic hydroxyl groups is 1. The fraction of sp³-hybridized carbons (Fsp3) is 0.500. The highest BCUT2D eigenvalue weighted by Crippen LogP contribution is 2.26. The van der Waals surface area contributed by atoms with Crippen LogP contribution in [0, 0.1) is 0 Å². The van der Waals surface area contributed by atoms with Crippen molar-refractivity contribution in [3.05, 3.63) is 20.8 Å². The lowest BCUT2D eigenvalue weighted by atomic mass is 10.1. The fourth-order valence-electron chi connectivity index (χ4n) is 1.03. The van der Waals surface area contributed by atoms with Crippen LogP contribution in [0.4, 0.5) is 13.2 Å². The van der Waals surface area contributed by atoms with Gasteiger partial charge in [-0.05, 0) is 22.0 Å². The predicted molar refractivity (Wildman–Crippen MR) is 52.4 cm³/mol. The molecule has 80 valence electrons. The Bertz CT molecular complexity index is 297. The second-order valence-electron chi connectivity index (χ2n) is 2.91. The SMILES string of the molecule is OC(Cc1cc(Br)cs1)CC(F)(F)F. The highest BCUT2D eigenvalue weighted by atomic mass is 79.9. The maximum Gasteiger partial charge on any atom is 0.391 e. The summed E-state index contributed by atoms with van der Waals surface area (Å²) in [6, 6.07) is 1.71. The maximum absolute atomic E-state index is 11.8. The van der Waals surface area contributed by atoms with Crippen LogP contribution in [0.25, 0.3) is 0 Å². The van der Waals surface area contributed by atoms with Gasteiger partial charge in [-0.2, -0.15) is 13.2 Å². The summed E-state index contributed by atoms with van der Waals surface area (Å²) in [5, 5.41) is 10.9. The molecule has 14 heavy (non-hydrogen) atoms. The molecule has 0 aliphatic carbocycles. The van der Waals surface area contributed by atoms with Crippen LogP contribution in [0.15, 0.2) is 15.9 Å². The summed E-state index contributed by atoms with van der Waals surface area (Å²) in [6.45, 7) is 0. The second kappa shape index (κ2) is 4.63. The summed E-state index contributed by atoms with van der Waals surface area (Å²) in [4.78, 5) is 0.744. The van der Waals surface area contributed by atoms with Gasteiger partial charge in [-0.15, -0.1) is 11.3 Å². The van der Waals surface area contributed by atoms with Gasteiger partial charge < -0.3 is 5.11 Å². The fourth-order valence-corrected chi connectivity index (χ4v) is 2.56. The molecular formula is C8H8BrF3OS. The van der Waals surface area contributed by atoms with Crippen LogP contribution in [0.1, 0.15) is 11.3 Å². The standard InChI is InChI=1S/C8H8BrF3OS/c9-5-1-7(14-4-5)2-6(13)3-8(10,11)12/h1,4,6,13H,2-3H2. The van der Waals surface area contributed by atoms with E-state index in [1.807, 2.05) is 0 Å². The van der Waals surface area contributed by atoms with Gasteiger partial charge in [-0.25, -0.2) is 0 Å². The number of hydrogen-bond donors (Lipinski definition) is 1. The van der Waals surface area contributed by atoms with E-state index in [9.17, 15) is 13.2 Å². The zero-order valence-electron chi connectivity index (χ0n) is 7.01. The van der Waals surface area contributed by atoms with Crippen molar-refractivity contribution in [2.24, 2.45) is 0 Å². The largest absolute Gasteiger partial charge is 0.392 e. The molecule has 1 aromatic heterocycles. The zero-order chi connectivity index (χ0) is 10.8. The smallest absolute Gasteiger partial charge is 0.391 e. The highest BCUT2D eigenvalue weighted by Gasteiger charge is 2.31. The molecule has 6 heteroatoms. The van der Waals surface area contributed by atoms with E-state index < -0.39 is 18.7 Å². The van der Waals surface area contributed by atoms with Crippen LogP contribution in [0.3, 0.4) is 0 Å². The first-order valence-electron chi connectivity index (χ1n) is 3.84. The Morgan fingerprint density at radius 1 is 1.50 bits per heavy atom. The summed E-state index contributed by atoms with van der Waals surface area (Å²) in [5.41, 5.74) is 0. The Labute approximate surface area is 91.7 Å². The molecule has 0 amide bonds. The van der Waals surface area contributed by atoms with Crippen molar-refractivity contribution in [1.82, 2.24) is 0 Å².